The number of halogens is 1. The predicted octanol–water partition coefficient (Wildman–Crippen LogP) is 9.89. The van der Waals surface area contributed by atoms with Gasteiger partial charge in [0, 0.05) is 61.8 Å². The van der Waals surface area contributed by atoms with Crippen LogP contribution in [0, 0.1) is 0 Å². The SMILES string of the molecule is COc1cc(C(=O)NCCCCc2ccc(-c3ccccc3)c(N(C(=O)O)C34CCN(CC3)CC4)c2)c(Cl)cc1CNC[C@H](O[Si](C)(C)C(C)(C)C)c1ccc(O)c2[nH]c(=O)ccc12. The minimum atomic E-state index is -2.29. The van der Waals surface area contributed by atoms with Crippen LogP contribution >= 0.6 is 11.6 Å². The van der Waals surface area contributed by atoms with E-state index in [1.165, 1.54) is 6.07 Å². The number of methoxy groups -OCH3 is 1. The summed E-state index contributed by atoms with van der Waals surface area (Å²) in [7, 11) is -0.731. The van der Waals surface area contributed by atoms with Crippen molar-refractivity contribution < 1.29 is 29.0 Å². The first-order chi connectivity index (χ1) is 30.5. The molecule has 0 aliphatic carbocycles. The van der Waals surface area contributed by atoms with Gasteiger partial charge in [0.2, 0.25) is 5.56 Å². The smallest absolute Gasteiger partial charge is 0.412 e. The minimum absolute atomic E-state index is 0.0111. The van der Waals surface area contributed by atoms with E-state index in [4.69, 9.17) is 20.8 Å². The molecule has 2 bridgehead atoms. The first kappa shape index (κ1) is 46.8. The van der Waals surface area contributed by atoms with Gasteiger partial charge in [-0.3, -0.25) is 14.5 Å². The van der Waals surface area contributed by atoms with E-state index < -0.39 is 26.1 Å². The molecule has 5 aromatic rings. The number of hydrogen-bond acceptors (Lipinski definition) is 8. The van der Waals surface area contributed by atoms with Gasteiger partial charge in [0.25, 0.3) is 5.91 Å². The third-order valence-corrected chi connectivity index (χ3v) is 18.5. The highest BCUT2D eigenvalue weighted by atomic mass is 35.5. The van der Waals surface area contributed by atoms with E-state index >= 15 is 0 Å². The van der Waals surface area contributed by atoms with Crippen molar-refractivity contribution in [3.05, 3.63) is 123 Å². The molecular weight excluding hydrogens is 846 g/mol. The molecule has 3 aliphatic rings. The third kappa shape index (κ3) is 10.2. The van der Waals surface area contributed by atoms with Crippen LogP contribution in [0.2, 0.25) is 23.2 Å². The Labute approximate surface area is 382 Å². The first-order valence-corrected chi connectivity index (χ1v) is 25.6. The number of carboxylic acid groups (broad SMARTS) is 1. The van der Waals surface area contributed by atoms with Gasteiger partial charge in [0.1, 0.15) is 11.5 Å². The lowest BCUT2D eigenvalue weighted by Gasteiger charge is -2.53. The Morgan fingerprint density at radius 2 is 1.69 bits per heavy atom. The Bertz CT molecular complexity index is 2520. The number of unbranched alkanes of at least 4 members (excludes halogenated alkanes) is 1. The average molecular weight is 909 g/mol. The number of pyridine rings is 1. The number of aryl methyl sites for hydroxylation is 1. The minimum Gasteiger partial charge on any atom is -0.506 e. The highest BCUT2D eigenvalue weighted by molar-refractivity contribution is 6.74. The van der Waals surface area contributed by atoms with Gasteiger partial charge in [-0.25, -0.2) is 4.79 Å². The van der Waals surface area contributed by atoms with Crippen molar-refractivity contribution in [3.63, 3.8) is 0 Å². The quantitative estimate of drug-likeness (QED) is 0.0453. The van der Waals surface area contributed by atoms with Crippen LogP contribution in [-0.2, 0) is 17.4 Å². The lowest BCUT2D eigenvalue weighted by molar-refractivity contribution is 0.0783. The molecule has 5 N–H and O–H groups in total. The van der Waals surface area contributed by atoms with Crippen molar-refractivity contribution >= 4 is 48.5 Å². The van der Waals surface area contributed by atoms with E-state index in [9.17, 15) is 24.6 Å². The van der Waals surface area contributed by atoms with E-state index in [1.54, 1.807) is 36.3 Å². The zero-order chi connectivity index (χ0) is 45.8. The number of nitrogens with one attached hydrogen (secondary N) is 3. The van der Waals surface area contributed by atoms with Crippen molar-refractivity contribution in [2.24, 2.45) is 0 Å². The molecule has 3 fully saturated rings. The molecule has 0 saturated carbocycles. The van der Waals surface area contributed by atoms with Gasteiger partial charge in [-0.15, -0.1) is 0 Å². The van der Waals surface area contributed by atoms with E-state index in [0.717, 1.165) is 85.2 Å². The molecule has 3 saturated heterocycles. The Balaban J connectivity index is 0.993. The lowest BCUT2D eigenvalue weighted by atomic mass is 9.78. The summed E-state index contributed by atoms with van der Waals surface area (Å²) in [4.78, 5) is 45.6. The van der Waals surface area contributed by atoms with E-state index in [1.807, 2.05) is 36.4 Å². The van der Waals surface area contributed by atoms with Crippen LogP contribution in [-0.4, -0.2) is 85.8 Å². The number of ether oxygens (including phenoxy) is 1. The number of anilines is 1. The largest absolute Gasteiger partial charge is 0.506 e. The van der Waals surface area contributed by atoms with Crippen LogP contribution < -0.4 is 25.8 Å². The molecule has 12 nitrogen and oxygen atoms in total. The number of phenolic OH excluding ortho intramolecular Hbond substituents is 1. The molecule has 2 amide bonds. The van der Waals surface area contributed by atoms with Crippen molar-refractivity contribution in [1.82, 2.24) is 20.5 Å². The molecule has 3 aliphatic heterocycles. The van der Waals surface area contributed by atoms with Gasteiger partial charge in [0.05, 0.1) is 40.5 Å². The summed E-state index contributed by atoms with van der Waals surface area (Å²) in [6, 6.07) is 26.2. The molecule has 64 heavy (non-hydrogen) atoms. The number of H-pyrrole nitrogens is 1. The number of aromatic hydroxyl groups is 1. The number of carbonyl (C=O) groups excluding carboxylic acids is 1. The van der Waals surface area contributed by atoms with Crippen LogP contribution in [0.5, 0.6) is 11.5 Å². The Kier molecular flexibility index (Phi) is 14.3. The Hall–Kier alpha value is -5.18. The van der Waals surface area contributed by atoms with Crippen LogP contribution in [0.1, 0.15) is 86.0 Å². The van der Waals surface area contributed by atoms with Gasteiger partial charge >= 0.3 is 6.09 Å². The van der Waals surface area contributed by atoms with Gasteiger partial charge < -0.3 is 39.9 Å². The zero-order valence-corrected chi connectivity index (χ0v) is 39.6. The number of rotatable bonds is 17. The molecule has 8 rings (SSSR count). The summed E-state index contributed by atoms with van der Waals surface area (Å²) in [5, 5.41) is 28.8. The fourth-order valence-electron chi connectivity index (χ4n) is 8.96. The van der Waals surface area contributed by atoms with E-state index in [2.05, 4.69) is 72.6 Å². The fourth-order valence-corrected chi connectivity index (χ4v) is 10.5. The number of amides is 2. The number of aromatic amines is 1. The standard InChI is InChI=1S/C50H62ClN5O7Si/c1-49(2,3)64(5,6)63-44(37-17-19-42(57)46-38(37)18-20-45(58)54-46)32-52-31-35-29-40(51)39(30-43(35)62-4)47(59)53-24-11-10-12-33-15-16-36(34-13-8-7-9-14-34)41(28-33)56(48(60)61)50-21-25-55(26-22-50)27-23-50/h7-9,13-20,28-30,44,52,57H,10-12,21-27,31-32H2,1-6H3,(H,53,59)(H,54,58)(H,60,61)/t44-/m0/s1. The maximum Gasteiger partial charge on any atom is 0.412 e. The predicted molar refractivity (Wildman–Crippen MR) is 258 cm³/mol. The number of hydrogen-bond donors (Lipinski definition) is 5. The molecule has 340 valence electrons. The number of carbonyl (C=O) groups is 2. The first-order valence-electron chi connectivity index (χ1n) is 22.3. The van der Waals surface area contributed by atoms with Crippen molar-refractivity contribution in [1.29, 1.82) is 0 Å². The summed E-state index contributed by atoms with van der Waals surface area (Å²) in [5.41, 5.74) is 5.27. The van der Waals surface area contributed by atoms with Crippen LogP contribution in [0.15, 0.2) is 89.7 Å². The van der Waals surface area contributed by atoms with Crippen molar-refractivity contribution in [3.8, 4) is 22.6 Å². The molecule has 0 radical (unpaired) electrons. The molecule has 0 spiro atoms. The highest BCUT2D eigenvalue weighted by Gasteiger charge is 2.47. The summed E-state index contributed by atoms with van der Waals surface area (Å²) in [6.45, 7) is 14.9. The van der Waals surface area contributed by atoms with Crippen LogP contribution in [0.4, 0.5) is 10.5 Å². The normalized spacial score (nSPS) is 17.9. The second-order valence-electron chi connectivity index (χ2n) is 18.8. The number of nitrogens with zero attached hydrogens (tertiary/aromatic N) is 2. The van der Waals surface area contributed by atoms with Crippen molar-refractivity contribution in [2.45, 2.75) is 95.6 Å². The maximum atomic E-state index is 13.5. The topological polar surface area (TPSA) is 156 Å². The second-order valence-corrected chi connectivity index (χ2v) is 24.0. The molecule has 1 atom stereocenters. The Morgan fingerprint density at radius 1 is 0.969 bits per heavy atom. The fraction of sp³-hybridized carbons (Fsp3) is 0.420. The maximum absolute atomic E-state index is 13.5. The summed E-state index contributed by atoms with van der Waals surface area (Å²) >= 11 is 6.78. The number of phenols is 1. The van der Waals surface area contributed by atoms with Gasteiger partial charge in [-0.2, -0.15) is 0 Å². The number of aromatic nitrogens is 1. The zero-order valence-electron chi connectivity index (χ0n) is 37.9. The second kappa shape index (κ2) is 19.5. The third-order valence-electron chi connectivity index (χ3n) is 13.7. The summed E-state index contributed by atoms with van der Waals surface area (Å²) < 4.78 is 12.7. The average Bonchev–Trinajstić information content (AvgIpc) is 3.26. The molecule has 1 aromatic heterocycles. The Morgan fingerprint density at radius 3 is 2.36 bits per heavy atom. The van der Waals surface area contributed by atoms with E-state index in [-0.39, 0.29) is 22.3 Å². The summed E-state index contributed by atoms with van der Waals surface area (Å²) in [6.07, 6.45) is 3.39. The van der Waals surface area contributed by atoms with Gasteiger partial charge in [-0.05, 0) is 104 Å². The number of benzene rings is 4. The molecular formula is C50H62ClN5O7Si. The molecule has 4 heterocycles. The van der Waals surface area contributed by atoms with E-state index in [0.29, 0.717) is 53.3 Å². The molecule has 4 aromatic carbocycles. The van der Waals surface area contributed by atoms with Crippen LogP contribution in [0.3, 0.4) is 0 Å². The lowest BCUT2D eigenvalue weighted by Crippen LogP contribution is -2.62. The van der Waals surface area contributed by atoms with Gasteiger partial charge in [-0.1, -0.05) is 80.9 Å². The molecule has 14 heteroatoms. The van der Waals surface area contributed by atoms with Gasteiger partial charge in [0.15, 0.2) is 8.32 Å². The highest BCUT2D eigenvalue weighted by Crippen LogP contribution is 2.44. The number of piperidine rings is 3. The number of fused-ring (bicyclic) bond motifs is 4. The van der Waals surface area contributed by atoms with Crippen LogP contribution in [0.25, 0.3) is 22.0 Å². The summed E-state index contributed by atoms with van der Waals surface area (Å²) in [5.74, 6) is 0.204. The van der Waals surface area contributed by atoms with Crippen molar-refractivity contribution in [2.75, 3.05) is 44.7 Å². The monoisotopic (exact) mass is 907 g/mol. The molecule has 0 unspecified atom stereocenters.